The number of Topliss-reactive ketones (excluding diaryl/α,β-unsaturated/α-hetero) is 1. The van der Waals surface area contributed by atoms with Crippen molar-refractivity contribution in [1.29, 1.82) is 0 Å². The van der Waals surface area contributed by atoms with E-state index < -0.39 is 25.1 Å². The van der Waals surface area contributed by atoms with Crippen molar-refractivity contribution < 1.29 is 27.3 Å². The predicted octanol–water partition coefficient (Wildman–Crippen LogP) is 1.61. The van der Waals surface area contributed by atoms with Gasteiger partial charge in [-0.25, -0.2) is 0 Å². The van der Waals surface area contributed by atoms with Crippen LogP contribution in [0.1, 0.15) is 10.4 Å². The van der Waals surface area contributed by atoms with Gasteiger partial charge in [0.05, 0.1) is 18.4 Å². The molecule has 96 valence electrons. The third kappa shape index (κ3) is 2.05. The first-order valence-corrected chi connectivity index (χ1v) is 5.08. The van der Waals surface area contributed by atoms with E-state index in [2.05, 4.69) is 0 Å². The van der Waals surface area contributed by atoms with Gasteiger partial charge in [0, 0.05) is 6.07 Å². The summed E-state index contributed by atoms with van der Waals surface area (Å²) in [6, 6.07) is 3.96. The molecule has 0 radical (unpaired) electrons. The molecular weight excluding hydrogens is 250 g/mol. The Morgan fingerprint density at radius 2 is 1.94 bits per heavy atom. The fourth-order valence-corrected chi connectivity index (χ4v) is 1.79. The number of hydrogen-bond acceptors (Lipinski definition) is 3. The molecule has 0 saturated heterocycles. The van der Waals surface area contributed by atoms with Crippen LogP contribution in [0.5, 0.6) is 5.75 Å². The maximum Gasteiger partial charge on any atom is 0.497 e. The number of nitrogens with zero attached hydrogens (tertiary/aromatic N) is 1. The van der Waals surface area contributed by atoms with Crippen molar-refractivity contribution in [2.75, 3.05) is 18.5 Å². The summed E-state index contributed by atoms with van der Waals surface area (Å²) in [6.07, 6.45) is -1.43. The zero-order chi connectivity index (χ0) is 13.5. The molecule has 0 aromatic heterocycles. The zero-order valence-corrected chi connectivity index (χ0v) is 9.32. The van der Waals surface area contributed by atoms with Gasteiger partial charge in [-0.15, -0.1) is 0 Å². The maximum absolute atomic E-state index is 12.4. The molecular formula is C10H8BF3NO3-. The molecule has 1 aliphatic rings. The lowest BCUT2D eigenvalue weighted by Crippen LogP contribution is -2.41. The van der Waals surface area contributed by atoms with Gasteiger partial charge in [0.2, 0.25) is 0 Å². The number of ketones is 1. The molecule has 0 atom stereocenters. The number of ether oxygens (including phenoxy) is 1. The van der Waals surface area contributed by atoms with Crippen LogP contribution in [0, 0.1) is 0 Å². The van der Waals surface area contributed by atoms with E-state index in [-0.39, 0.29) is 17.0 Å². The summed E-state index contributed by atoms with van der Waals surface area (Å²) >= 11 is 0. The van der Waals surface area contributed by atoms with Crippen LogP contribution in [0.2, 0.25) is 0 Å². The van der Waals surface area contributed by atoms with Crippen LogP contribution in [0.25, 0.3) is 0 Å². The molecule has 0 N–H and O–H groups in total. The average Bonchev–Trinajstić information content (AvgIpc) is 2.52. The number of methoxy groups -OCH3 is 1. The number of halogens is 3. The molecule has 0 aliphatic carbocycles. The summed E-state index contributed by atoms with van der Waals surface area (Å²) in [5, 5.41) is 0. The summed E-state index contributed by atoms with van der Waals surface area (Å²) in [6.45, 7) is -5.20. The lowest BCUT2D eigenvalue weighted by atomic mass is 9.91. The van der Waals surface area contributed by atoms with Crippen molar-refractivity contribution in [3.05, 3.63) is 23.8 Å². The van der Waals surface area contributed by atoms with Crippen molar-refractivity contribution in [3.8, 4) is 5.75 Å². The number of anilines is 1. The molecule has 1 aliphatic heterocycles. The lowest BCUT2D eigenvalue weighted by molar-refractivity contribution is -0.114. The number of rotatable bonds is 3. The minimum absolute atomic E-state index is 0.0270. The van der Waals surface area contributed by atoms with Crippen LogP contribution in [0.15, 0.2) is 18.2 Å². The minimum Gasteiger partial charge on any atom is -0.497 e. The number of hydrogen-bond donors (Lipinski definition) is 0. The average molecular weight is 258 g/mol. The van der Waals surface area contributed by atoms with Crippen LogP contribution in [-0.4, -0.2) is 32.2 Å². The molecule has 8 heteroatoms. The third-order valence-electron chi connectivity index (χ3n) is 2.57. The van der Waals surface area contributed by atoms with E-state index in [0.29, 0.717) is 4.90 Å². The fraction of sp³-hybridized carbons (Fsp3) is 0.200. The highest BCUT2D eigenvalue weighted by molar-refractivity contribution is 6.62. The minimum atomic E-state index is -5.20. The van der Waals surface area contributed by atoms with Crippen LogP contribution in [0.4, 0.5) is 18.6 Å². The van der Waals surface area contributed by atoms with E-state index in [0.717, 1.165) is 0 Å². The second kappa shape index (κ2) is 4.04. The summed E-state index contributed by atoms with van der Waals surface area (Å²) in [5.41, 5.74) is -0.0793. The first kappa shape index (κ1) is 12.5. The smallest absolute Gasteiger partial charge is 0.497 e. The van der Waals surface area contributed by atoms with E-state index in [9.17, 15) is 22.5 Å². The Hall–Kier alpha value is -1.99. The maximum atomic E-state index is 12.4. The monoisotopic (exact) mass is 258 g/mol. The van der Waals surface area contributed by atoms with E-state index >= 15 is 0 Å². The first-order valence-electron chi connectivity index (χ1n) is 5.08. The summed E-state index contributed by atoms with van der Waals surface area (Å²) in [7, 11) is 1.35. The van der Waals surface area contributed by atoms with Gasteiger partial charge in [0.1, 0.15) is 5.75 Å². The SMILES string of the molecule is COc1ccc2c(c1)N(C[B-](F)(F)F)C(=O)C2=O. The molecule has 4 nitrogen and oxygen atoms in total. The number of amides is 1. The Balaban J connectivity index is 2.46. The van der Waals surface area contributed by atoms with Gasteiger partial charge in [-0.2, -0.15) is 0 Å². The normalized spacial score (nSPS) is 15.0. The van der Waals surface area contributed by atoms with Crippen LogP contribution >= 0.6 is 0 Å². The molecule has 0 fully saturated rings. The van der Waals surface area contributed by atoms with Gasteiger partial charge in [-0.05, 0) is 18.6 Å². The molecule has 0 saturated carbocycles. The molecule has 1 aromatic carbocycles. The van der Waals surface area contributed by atoms with Gasteiger partial charge in [-0.1, -0.05) is 0 Å². The van der Waals surface area contributed by atoms with Gasteiger partial charge in [0.25, 0.3) is 11.7 Å². The Morgan fingerprint density at radius 3 is 2.50 bits per heavy atom. The summed E-state index contributed by atoms with van der Waals surface area (Å²) in [5.74, 6) is -1.79. The van der Waals surface area contributed by atoms with Crippen LogP contribution in [0.3, 0.4) is 0 Å². The number of fused-ring (bicyclic) bond motifs is 1. The lowest BCUT2D eigenvalue weighted by Gasteiger charge is -2.23. The molecule has 1 aromatic rings. The third-order valence-corrected chi connectivity index (χ3v) is 2.57. The Kier molecular flexibility index (Phi) is 2.80. The van der Waals surface area contributed by atoms with E-state index in [4.69, 9.17) is 4.74 Å². The molecule has 0 bridgehead atoms. The van der Waals surface area contributed by atoms with Crippen molar-refractivity contribution in [3.63, 3.8) is 0 Å². The van der Waals surface area contributed by atoms with Crippen molar-refractivity contribution in [2.24, 2.45) is 0 Å². The molecule has 18 heavy (non-hydrogen) atoms. The van der Waals surface area contributed by atoms with E-state index in [1.165, 1.54) is 25.3 Å². The van der Waals surface area contributed by atoms with Gasteiger partial charge >= 0.3 is 6.98 Å². The van der Waals surface area contributed by atoms with Crippen molar-refractivity contribution in [1.82, 2.24) is 0 Å². The first-order chi connectivity index (χ1) is 8.33. The Bertz CT molecular complexity index is 530. The predicted molar refractivity (Wildman–Crippen MR) is 58.8 cm³/mol. The highest BCUT2D eigenvalue weighted by Gasteiger charge is 2.40. The topological polar surface area (TPSA) is 46.6 Å². The second-order valence-corrected chi connectivity index (χ2v) is 3.84. The Labute approximate surface area is 100 Å². The van der Waals surface area contributed by atoms with Crippen molar-refractivity contribution in [2.45, 2.75) is 0 Å². The number of carbonyl (C=O) groups is 2. The number of benzene rings is 1. The highest BCUT2D eigenvalue weighted by atomic mass is 19.4. The molecule has 1 amide bonds. The summed E-state index contributed by atoms with van der Waals surface area (Å²) < 4.78 is 42.1. The number of carbonyl (C=O) groups excluding carboxylic acids is 2. The summed E-state index contributed by atoms with van der Waals surface area (Å²) in [4.78, 5) is 23.4. The van der Waals surface area contributed by atoms with Gasteiger partial charge in [-0.3, -0.25) is 9.59 Å². The van der Waals surface area contributed by atoms with E-state index in [1.54, 1.807) is 0 Å². The largest absolute Gasteiger partial charge is 0.497 e. The molecule has 1 heterocycles. The second-order valence-electron chi connectivity index (χ2n) is 3.84. The van der Waals surface area contributed by atoms with Gasteiger partial charge in [0.15, 0.2) is 0 Å². The fourth-order valence-electron chi connectivity index (χ4n) is 1.79. The molecule has 2 rings (SSSR count). The molecule has 0 spiro atoms. The molecule has 0 unspecified atom stereocenters. The van der Waals surface area contributed by atoms with Crippen molar-refractivity contribution >= 4 is 24.4 Å². The quantitative estimate of drug-likeness (QED) is 0.611. The standard InChI is InChI=1S/C10H8BF3NO3/c1-18-6-2-3-7-8(4-6)15(5-11(12,13)14)10(17)9(7)16/h2-4H,5H2,1H3/q-1. The zero-order valence-electron chi connectivity index (χ0n) is 9.32. The van der Waals surface area contributed by atoms with Crippen LogP contribution < -0.4 is 9.64 Å². The highest BCUT2D eigenvalue weighted by Crippen LogP contribution is 2.33. The van der Waals surface area contributed by atoms with Gasteiger partial charge < -0.3 is 22.6 Å². The Morgan fingerprint density at radius 1 is 1.28 bits per heavy atom. The van der Waals surface area contributed by atoms with Crippen LogP contribution in [-0.2, 0) is 4.79 Å². The van der Waals surface area contributed by atoms with E-state index in [1.807, 2.05) is 0 Å².